The number of aromatic nitrogens is 1. The molecule has 1 N–H and O–H groups in total. The van der Waals surface area contributed by atoms with Crippen LogP contribution in [0.3, 0.4) is 0 Å². The highest BCUT2D eigenvalue weighted by Gasteiger charge is 2.68. The Kier molecular flexibility index (Phi) is 4.33. The molecule has 0 bridgehead atoms. The molecule has 1 heterocycles. The minimum Gasteiger partial charge on any atom is -0.310 e. The SMILES string of the molecule is CC.CC1(C)C(C(=O)Nc2ccc(F)cn2)C1(C)C. The van der Waals surface area contributed by atoms with Crippen molar-refractivity contribution in [2.75, 3.05) is 5.32 Å². The van der Waals surface area contributed by atoms with Crippen LogP contribution in [0.25, 0.3) is 0 Å². The zero-order valence-electron chi connectivity index (χ0n) is 12.5. The molecule has 0 aromatic carbocycles. The fourth-order valence-electron chi connectivity index (χ4n) is 2.50. The first-order valence-electron chi connectivity index (χ1n) is 6.69. The van der Waals surface area contributed by atoms with Crippen molar-refractivity contribution in [2.45, 2.75) is 41.5 Å². The lowest BCUT2D eigenvalue weighted by molar-refractivity contribution is -0.118. The van der Waals surface area contributed by atoms with E-state index in [0.717, 1.165) is 6.20 Å². The van der Waals surface area contributed by atoms with Gasteiger partial charge in [-0.25, -0.2) is 9.37 Å². The largest absolute Gasteiger partial charge is 0.310 e. The van der Waals surface area contributed by atoms with Gasteiger partial charge in [0.1, 0.15) is 11.6 Å². The van der Waals surface area contributed by atoms with E-state index in [0.29, 0.717) is 5.82 Å². The van der Waals surface area contributed by atoms with E-state index in [2.05, 4.69) is 38.0 Å². The maximum absolute atomic E-state index is 12.7. The normalized spacial score (nSPS) is 19.1. The fourth-order valence-corrected chi connectivity index (χ4v) is 2.50. The Bertz CT molecular complexity index is 438. The van der Waals surface area contributed by atoms with E-state index in [1.54, 1.807) is 0 Å². The third kappa shape index (κ3) is 2.77. The molecule has 1 aromatic rings. The molecule has 0 radical (unpaired) electrons. The molecule has 0 spiro atoms. The molecule has 106 valence electrons. The highest BCUT2D eigenvalue weighted by molar-refractivity contribution is 5.95. The molecule has 1 aromatic heterocycles. The van der Waals surface area contributed by atoms with Crippen molar-refractivity contribution >= 4 is 11.7 Å². The van der Waals surface area contributed by atoms with Crippen molar-refractivity contribution in [1.82, 2.24) is 4.98 Å². The zero-order valence-corrected chi connectivity index (χ0v) is 12.5. The van der Waals surface area contributed by atoms with Crippen LogP contribution in [0.1, 0.15) is 41.5 Å². The molecule has 19 heavy (non-hydrogen) atoms. The highest BCUT2D eigenvalue weighted by Crippen LogP contribution is 2.68. The Balaban J connectivity index is 0.000000861. The van der Waals surface area contributed by atoms with Gasteiger partial charge >= 0.3 is 0 Å². The lowest BCUT2D eigenvalue weighted by Crippen LogP contribution is -2.18. The predicted molar refractivity (Wildman–Crippen MR) is 75.2 cm³/mol. The van der Waals surface area contributed by atoms with Crippen LogP contribution in [-0.2, 0) is 4.79 Å². The summed E-state index contributed by atoms with van der Waals surface area (Å²) in [5, 5.41) is 2.73. The van der Waals surface area contributed by atoms with Crippen LogP contribution in [0.5, 0.6) is 0 Å². The van der Waals surface area contributed by atoms with Crippen molar-refractivity contribution < 1.29 is 9.18 Å². The number of halogens is 1. The third-order valence-electron chi connectivity index (χ3n) is 4.26. The Morgan fingerprint density at radius 2 is 1.74 bits per heavy atom. The molecule has 1 aliphatic rings. The molecular weight excluding hydrogens is 243 g/mol. The van der Waals surface area contributed by atoms with Gasteiger partial charge in [-0.2, -0.15) is 0 Å². The van der Waals surface area contributed by atoms with Crippen LogP contribution in [-0.4, -0.2) is 10.9 Å². The van der Waals surface area contributed by atoms with Gasteiger partial charge in [0.2, 0.25) is 5.91 Å². The third-order valence-corrected chi connectivity index (χ3v) is 4.26. The molecule has 0 atom stereocenters. The van der Waals surface area contributed by atoms with Gasteiger partial charge in [-0.15, -0.1) is 0 Å². The lowest BCUT2D eigenvalue weighted by atomic mass is 10.0. The van der Waals surface area contributed by atoms with Gasteiger partial charge in [0, 0.05) is 5.92 Å². The minimum atomic E-state index is -0.407. The van der Waals surface area contributed by atoms with Gasteiger partial charge < -0.3 is 5.32 Å². The Labute approximate surface area is 114 Å². The lowest BCUT2D eigenvalue weighted by Gasteiger charge is -2.05. The summed E-state index contributed by atoms with van der Waals surface area (Å²) in [4.78, 5) is 15.9. The molecule has 0 saturated heterocycles. The van der Waals surface area contributed by atoms with E-state index >= 15 is 0 Å². The zero-order chi connectivity index (χ0) is 14.8. The van der Waals surface area contributed by atoms with Crippen LogP contribution in [0, 0.1) is 22.6 Å². The molecule has 1 amide bonds. The van der Waals surface area contributed by atoms with Crippen molar-refractivity contribution in [1.29, 1.82) is 0 Å². The number of anilines is 1. The number of hydrogen-bond acceptors (Lipinski definition) is 2. The summed E-state index contributed by atoms with van der Waals surface area (Å²) in [6.45, 7) is 12.3. The van der Waals surface area contributed by atoms with Gasteiger partial charge in [-0.05, 0) is 23.0 Å². The van der Waals surface area contributed by atoms with Crippen LogP contribution in [0.4, 0.5) is 10.2 Å². The molecule has 1 aliphatic carbocycles. The van der Waals surface area contributed by atoms with Crippen molar-refractivity contribution in [3.8, 4) is 0 Å². The maximum Gasteiger partial charge on any atom is 0.229 e. The quantitative estimate of drug-likeness (QED) is 0.883. The number of carbonyl (C=O) groups excluding carboxylic acids is 1. The van der Waals surface area contributed by atoms with Crippen molar-refractivity contribution in [2.24, 2.45) is 16.7 Å². The smallest absolute Gasteiger partial charge is 0.229 e. The van der Waals surface area contributed by atoms with Gasteiger partial charge in [-0.3, -0.25) is 4.79 Å². The summed E-state index contributed by atoms with van der Waals surface area (Å²) in [7, 11) is 0. The summed E-state index contributed by atoms with van der Waals surface area (Å²) in [6, 6.07) is 2.75. The second-order valence-electron chi connectivity index (χ2n) is 5.73. The van der Waals surface area contributed by atoms with E-state index in [1.165, 1.54) is 12.1 Å². The van der Waals surface area contributed by atoms with Gasteiger partial charge in [0.25, 0.3) is 0 Å². The van der Waals surface area contributed by atoms with Gasteiger partial charge in [0.15, 0.2) is 0 Å². The van der Waals surface area contributed by atoms with Crippen LogP contribution >= 0.6 is 0 Å². The predicted octanol–water partition coefficient (Wildman–Crippen LogP) is 3.87. The maximum atomic E-state index is 12.7. The van der Waals surface area contributed by atoms with E-state index in [4.69, 9.17) is 0 Å². The first kappa shape index (κ1) is 15.6. The summed E-state index contributed by atoms with van der Waals surface area (Å²) >= 11 is 0. The van der Waals surface area contributed by atoms with E-state index < -0.39 is 5.82 Å². The fraction of sp³-hybridized carbons (Fsp3) is 0.600. The number of pyridine rings is 1. The van der Waals surface area contributed by atoms with Gasteiger partial charge in [-0.1, -0.05) is 41.5 Å². The minimum absolute atomic E-state index is 0.00286. The average Bonchev–Trinajstić information content (AvgIpc) is 2.75. The van der Waals surface area contributed by atoms with E-state index in [9.17, 15) is 9.18 Å². The molecule has 1 fully saturated rings. The summed E-state index contributed by atoms with van der Waals surface area (Å²) in [5.41, 5.74) is -0.00573. The molecular formula is C15H23FN2O. The summed E-state index contributed by atoms with van der Waals surface area (Å²) in [5.74, 6) is -0.0778. The number of nitrogens with one attached hydrogen (secondary N) is 1. The Morgan fingerprint density at radius 3 is 2.11 bits per heavy atom. The van der Waals surface area contributed by atoms with Gasteiger partial charge in [0.05, 0.1) is 6.20 Å². The Hall–Kier alpha value is -1.45. The summed E-state index contributed by atoms with van der Waals surface area (Å²) in [6.07, 6.45) is 1.10. The second-order valence-corrected chi connectivity index (χ2v) is 5.73. The number of rotatable bonds is 2. The monoisotopic (exact) mass is 266 g/mol. The number of carbonyl (C=O) groups is 1. The standard InChI is InChI=1S/C13H17FN2O.C2H6/c1-12(2)10(13(12,3)4)11(17)16-9-6-5-8(14)7-15-9;1-2/h5-7,10H,1-4H3,(H,15,16,17);1-2H3. The summed E-state index contributed by atoms with van der Waals surface area (Å²) < 4.78 is 12.7. The number of nitrogens with zero attached hydrogens (tertiary/aromatic N) is 1. The topological polar surface area (TPSA) is 42.0 Å². The molecule has 4 heteroatoms. The first-order chi connectivity index (χ1) is 8.76. The Morgan fingerprint density at radius 1 is 1.21 bits per heavy atom. The van der Waals surface area contributed by atoms with Crippen molar-refractivity contribution in [3.05, 3.63) is 24.1 Å². The highest BCUT2D eigenvalue weighted by atomic mass is 19.1. The second kappa shape index (κ2) is 5.27. The van der Waals surface area contributed by atoms with Crippen LogP contribution in [0.2, 0.25) is 0 Å². The number of hydrogen-bond donors (Lipinski definition) is 1. The molecule has 0 aliphatic heterocycles. The average molecular weight is 266 g/mol. The first-order valence-corrected chi connectivity index (χ1v) is 6.69. The van der Waals surface area contributed by atoms with Crippen LogP contribution < -0.4 is 5.32 Å². The van der Waals surface area contributed by atoms with Crippen molar-refractivity contribution in [3.63, 3.8) is 0 Å². The molecule has 3 nitrogen and oxygen atoms in total. The molecule has 0 unspecified atom stereocenters. The van der Waals surface area contributed by atoms with Crippen LogP contribution in [0.15, 0.2) is 18.3 Å². The van der Waals surface area contributed by atoms with E-state index in [-0.39, 0.29) is 22.7 Å². The molecule has 2 rings (SSSR count). The van der Waals surface area contributed by atoms with E-state index in [1.807, 2.05) is 13.8 Å². The molecule has 1 saturated carbocycles. The number of amides is 1.